The second-order valence-corrected chi connectivity index (χ2v) is 7.16. The van der Waals surface area contributed by atoms with Crippen LogP contribution in [0.5, 0.6) is 0 Å². The van der Waals surface area contributed by atoms with Crippen molar-refractivity contribution in [3.63, 3.8) is 0 Å². The Morgan fingerprint density at radius 3 is 2.83 bits per heavy atom. The van der Waals surface area contributed by atoms with Gasteiger partial charge in [-0.2, -0.15) is 0 Å². The van der Waals surface area contributed by atoms with E-state index in [0.717, 1.165) is 21.5 Å². The number of amides is 2. The van der Waals surface area contributed by atoms with E-state index in [0.29, 0.717) is 0 Å². The lowest BCUT2D eigenvalue weighted by molar-refractivity contribution is -0.160. The summed E-state index contributed by atoms with van der Waals surface area (Å²) in [5.74, 6) is -2.05. The van der Waals surface area contributed by atoms with Gasteiger partial charge in [-0.15, -0.1) is 23.1 Å². The summed E-state index contributed by atoms with van der Waals surface area (Å²) in [4.78, 5) is 37.5. The van der Waals surface area contributed by atoms with Gasteiger partial charge in [0.05, 0.1) is 6.42 Å². The summed E-state index contributed by atoms with van der Waals surface area (Å²) in [6, 6.07) is 1.60. The first-order valence-corrected chi connectivity index (χ1v) is 8.62. The molecule has 0 bridgehead atoms. The zero-order valence-corrected chi connectivity index (χ0v) is 13.4. The second kappa shape index (κ2) is 6.32. The van der Waals surface area contributed by atoms with Crippen LogP contribution in [0.2, 0.25) is 0 Å². The average Bonchev–Trinajstić information content (AvgIpc) is 3.03. The van der Waals surface area contributed by atoms with E-state index in [1.807, 2.05) is 17.5 Å². The number of fused-ring (bicyclic) bond motifs is 1. The molecule has 1 aromatic rings. The molecule has 0 aliphatic carbocycles. The molecule has 1 aromatic heterocycles. The number of carbonyl (C=O) groups is 3. The number of halogens is 1. The van der Waals surface area contributed by atoms with E-state index in [2.05, 4.69) is 5.32 Å². The molecule has 3 rings (SSSR count). The summed E-state index contributed by atoms with van der Waals surface area (Å²) in [5, 5.41) is 14.6. The number of carbonyl (C=O) groups excluding carboxylic acids is 2. The number of rotatable bonds is 5. The standard InChI is InChI=1S/C14H13FN2O4S2/c15-5-7-6-23-13-10(12(19)17(13)11(7)14(20)21)16-9(18)4-8-2-1-3-22-8/h1-3,6,10-11,13H,4-5H2,(H,16,18)(H,20,21)/t10?,11?,13-/m0/s1. The Balaban J connectivity index is 1.68. The van der Waals surface area contributed by atoms with E-state index in [1.165, 1.54) is 16.7 Å². The number of alkyl halides is 1. The molecule has 0 saturated carbocycles. The molecule has 9 heteroatoms. The topological polar surface area (TPSA) is 86.7 Å². The summed E-state index contributed by atoms with van der Waals surface area (Å²) >= 11 is 2.60. The lowest BCUT2D eigenvalue weighted by Crippen LogP contribution is -2.74. The van der Waals surface area contributed by atoms with E-state index >= 15 is 0 Å². The van der Waals surface area contributed by atoms with Crippen LogP contribution < -0.4 is 5.32 Å². The van der Waals surface area contributed by atoms with Crippen LogP contribution in [0.15, 0.2) is 28.5 Å². The normalized spacial score (nSPS) is 26.1. The first-order valence-electron chi connectivity index (χ1n) is 6.80. The molecule has 2 aliphatic heterocycles. The SMILES string of the molecule is O=C(Cc1cccs1)NC1C(=O)N2C(C(=O)O)C(CF)=CS[C@@H]12. The fourth-order valence-corrected chi connectivity index (χ4v) is 4.52. The van der Waals surface area contributed by atoms with Gasteiger partial charge < -0.3 is 15.3 Å². The number of β-lactam (4-membered cyclic amide) rings is 1. The van der Waals surface area contributed by atoms with Crippen LogP contribution in [0.25, 0.3) is 0 Å². The Morgan fingerprint density at radius 2 is 2.22 bits per heavy atom. The number of nitrogens with zero attached hydrogens (tertiary/aromatic N) is 1. The Kier molecular flexibility index (Phi) is 4.40. The zero-order valence-electron chi connectivity index (χ0n) is 11.8. The predicted molar refractivity (Wildman–Crippen MR) is 83.7 cm³/mol. The Hall–Kier alpha value is -1.87. The quantitative estimate of drug-likeness (QED) is 0.769. The van der Waals surface area contributed by atoms with Crippen LogP contribution in [-0.4, -0.2) is 51.9 Å². The molecule has 122 valence electrons. The van der Waals surface area contributed by atoms with E-state index in [9.17, 15) is 23.9 Å². The molecule has 1 fully saturated rings. The number of carboxylic acid groups (broad SMARTS) is 1. The van der Waals surface area contributed by atoms with Crippen molar-refractivity contribution in [2.45, 2.75) is 23.9 Å². The van der Waals surface area contributed by atoms with Crippen LogP contribution in [0.1, 0.15) is 4.88 Å². The van der Waals surface area contributed by atoms with Crippen molar-refractivity contribution in [3.05, 3.63) is 33.4 Å². The zero-order chi connectivity index (χ0) is 16.6. The third-order valence-electron chi connectivity index (χ3n) is 3.69. The van der Waals surface area contributed by atoms with Gasteiger partial charge in [0.25, 0.3) is 0 Å². The molecule has 2 N–H and O–H groups in total. The van der Waals surface area contributed by atoms with Crippen molar-refractivity contribution in [1.82, 2.24) is 10.2 Å². The van der Waals surface area contributed by atoms with Crippen molar-refractivity contribution in [3.8, 4) is 0 Å². The predicted octanol–water partition coefficient (Wildman–Crippen LogP) is 0.997. The first kappa shape index (κ1) is 16.0. The van der Waals surface area contributed by atoms with E-state index in [-0.39, 0.29) is 17.9 Å². The van der Waals surface area contributed by atoms with Gasteiger partial charge in [0.15, 0.2) is 6.04 Å². The molecule has 1 saturated heterocycles. The maximum absolute atomic E-state index is 12.9. The highest BCUT2D eigenvalue weighted by Crippen LogP contribution is 2.40. The molecule has 0 aromatic carbocycles. The molecule has 0 radical (unpaired) electrons. The third-order valence-corrected chi connectivity index (χ3v) is 5.78. The van der Waals surface area contributed by atoms with Gasteiger partial charge in [0.1, 0.15) is 18.1 Å². The average molecular weight is 356 g/mol. The van der Waals surface area contributed by atoms with E-state index in [4.69, 9.17) is 0 Å². The fourth-order valence-electron chi connectivity index (χ4n) is 2.62. The largest absolute Gasteiger partial charge is 0.479 e. The van der Waals surface area contributed by atoms with Gasteiger partial charge in [0.2, 0.25) is 11.8 Å². The lowest BCUT2D eigenvalue weighted by atomic mass is 9.98. The minimum absolute atomic E-state index is 0.0514. The number of nitrogens with one attached hydrogen (secondary N) is 1. The molecule has 0 spiro atoms. The summed E-state index contributed by atoms with van der Waals surface area (Å²) in [6.45, 7) is -0.921. The number of hydrogen-bond acceptors (Lipinski definition) is 5. The van der Waals surface area contributed by atoms with Gasteiger partial charge in [-0.25, -0.2) is 9.18 Å². The van der Waals surface area contributed by atoms with Crippen molar-refractivity contribution in [2.75, 3.05) is 6.67 Å². The second-order valence-electron chi connectivity index (χ2n) is 5.14. The number of carboxylic acids is 1. The van der Waals surface area contributed by atoms with Crippen LogP contribution in [0.3, 0.4) is 0 Å². The van der Waals surface area contributed by atoms with Crippen LogP contribution in [-0.2, 0) is 20.8 Å². The molecule has 2 aliphatic rings. The number of thiophene rings is 1. The van der Waals surface area contributed by atoms with Crippen molar-refractivity contribution in [1.29, 1.82) is 0 Å². The number of aliphatic carboxylic acids is 1. The molecule has 3 heterocycles. The molecule has 6 nitrogen and oxygen atoms in total. The highest BCUT2D eigenvalue weighted by atomic mass is 32.2. The summed E-state index contributed by atoms with van der Waals surface area (Å²) in [6.07, 6.45) is 0.173. The van der Waals surface area contributed by atoms with Gasteiger partial charge in [-0.1, -0.05) is 6.07 Å². The monoisotopic (exact) mass is 356 g/mol. The van der Waals surface area contributed by atoms with Gasteiger partial charge in [-0.05, 0) is 16.9 Å². The minimum atomic E-state index is -1.29. The molecular formula is C14H13FN2O4S2. The van der Waals surface area contributed by atoms with Crippen LogP contribution in [0, 0.1) is 0 Å². The maximum Gasteiger partial charge on any atom is 0.330 e. The van der Waals surface area contributed by atoms with Gasteiger partial charge >= 0.3 is 5.97 Å². The first-order chi connectivity index (χ1) is 11.0. The van der Waals surface area contributed by atoms with E-state index < -0.39 is 36.0 Å². The van der Waals surface area contributed by atoms with Gasteiger partial charge in [-0.3, -0.25) is 9.59 Å². The van der Waals surface area contributed by atoms with Crippen LogP contribution in [0.4, 0.5) is 4.39 Å². The molecular weight excluding hydrogens is 343 g/mol. The van der Waals surface area contributed by atoms with Gasteiger partial charge in [0, 0.05) is 10.5 Å². The maximum atomic E-state index is 12.9. The number of hydrogen-bond donors (Lipinski definition) is 2. The third kappa shape index (κ3) is 2.86. The van der Waals surface area contributed by atoms with Crippen molar-refractivity contribution in [2.24, 2.45) is 0 Å². The fraction of sp³-hybridized carbons (Fsp3) is 0.357. The Labute approximate surface area is 139 Å². The lowest BCUT2D eigenvalue weighted by Gasteiger charge is -2.51. The molecule has 23 heavy (non-hydrogen) atoms. The Morgan fingerprint density at radius 1 is 1.43 bits per heavy atom. The van der Waals surface area contributed by atoms with Crippen LogP contribution >= 0.6 is 23.1 Å². The number of thioether (sulfide) groups is 1. The van der Waals surface area contributed by atoms with Crippen molar-refractivity contribution < 1.29 is 23.9 Å². The minimum Gasteiger partial charge on any atom is -0.479 e. The summed E-state index contributed by atoms with van der Waals surface area (Å²) < 4.78 is 12.9. The van der Waals surface area contributed by atoms with Crippen molar-refractivity contribution >= 4 is 40.9 Å². The molecule has 2 amide bonds. The summed E-state index contributed by atoms with van der Waals surface area (Å²) in [5.41, 5.74) is 0.0514. The summed E-state index contributed by atoms with van der Waals surface area (Å²) in [7, 11) is 0. The highest BCUT2D eigenvalue weighted by molar-refractivity contribution is 8.02. The highest BCUT2D eigenvalue weighted by Gasteiger charge is 2.55. The smallest absolute Gasteiger partial charge is 0.330 e. The molecule has 3 atom stereocenters. The Bertz CT molecular complexity index is 676. The van der Waals surface area contributed by atoms with E-state index in [1.54, 1.807) is 0 Å². The molecule has 2 unspecified atom stereocenters.